The van der Waals surface area contributed by atoms with Crippen molar-refractivity contribution in [1.82, 2.24) is 20.9 Å². The summed E-state index contributed by atoms with van der Waals surface area (Å²) in [4.78, 5) is 18.9. The van der Waals surface area contributed by atoms with Crippen LogP contribution < -0.4 is 16.0 Å². The van der Waals surface area contributed by atoms with E-state index in [1.54, 1.807) is 7.05 Å². The standard InChI is InChI=1S/C20H32BrN5O/c1-15(2)26-12-8-18(9-13-26)25-20(22-3)24-11-5-10-23-19(27)16-6-4-7-17(21)14-16/h4,6-7,14-15,18H,5,8-13H2,1-3H3,(H,23,27)(H2,22,24,25). The number of carbonyl (C=O) groups is 1. The largest absolute Gasteiger partial charge is 0.356 e. The summed E-state index contributed by atoms with van der Waals surface area (Å²) < 4.78 is 0.908. The van der Waals surface area contributed by atoms with E-state index in [0.717, 1.165) is 49.3 Å². The number of nitrogens with one attached hydrogen (secondary N) is 3. The first-order valence-corrected chi connectivity index (χ1v) is 10.5. The Bertz CT molecular complexity index is 627. The molecule has 1 aromatic rings. The van der Waals surface area contributed by atoms with E-state index in [0.29, 0.717) is 24.2 Å². The number of rotatable bonds is 7. The number of piperidine rings is 1. The van der Waals surface area contributed by atoms with Crippen LogP contribution in [0.3, 0.4) is 0 Å². The normalized spacial score (nSPS) is 16.4. The van der Waals surface area contributed by atoms with E-state index < -0.39 is 0 Å². The molecule has 1 fully saturated rings. The van der Waals surface area contributed by atoms with Crippen LogP contribution in [0.25, 0.3) is 0 Å². The maximum atomic E-state index is 12.1. The van der Waals surface area contributed by atoms with Crippen LogP contribution in [0.5, 0.6) is 0 Å². The Kier molecular flexibility index (Phi) is 9.07. The van der Waals surface area contributed by atoms with Gasteiger partial charge in [-0.1, -0.05) is 22.0 Å². The topological polar surface area (TPSA) is 68.8 Å². The first kappa shape index (κ1) is 21.7. The molecule has 2 rings (SSSR count). The smallest absolute Gasteiger partial charge is 0.251 e. The predicted octanol–water partition coefficient (Wildman–Crippen LogP) is 2.61. The van der Waals surface area contributed by atoms with Crippen molar-refractivity contribution in [3.63, 3.8) is 0 Å². The second-order valence-corrected chi connectivity index (χ2v) is 8.08. The van der Waals surface area contributed by atoms with Crippen LogP contribution in [0.1, 0.15) is 43.5 Å². The van der Waals surface area contributed by atoms with Gasteiger partial charge < -0.3 is 20.9 Å². The Labute approximate surface area is 171 Å². The van der Waals surface area contributed by atoms with Crippen molar-refractivity contribution in [2.24, 2.45) is 4.99 Å². The number of hydrogen-bond donors (Lipinski definition) is 3. The van der Waals surface area contributed by atoms with E-state index in [2.05, 4.69) is 55.6 Å². The summed E-state index contributed by atoms with van der Waals surface area (Å²) in [6.07, 6.45) is 3.12. The highest BCUT2D eigenvalue weighted by Crippen LogP contribution is 2.13. The third-order valence-corrected chi connectivity index (χ3v) is 5.34. The first-order valence-electron chi connectivity index (χ1n) is 9.74. The van der Waals surface area contributed by atoms with Crippen molar-refractivity contribution in [3.8, 4) is 0 Å². The Balaban J connectivity index is 1.62. The van der Waals surface area contributed by atoms with Gasteiger partial charge in [-0.05, 0) is 51.3 Å². The Hall–Kier alpha value is -1.60. The lowest BCUT2D eigenvalue weighted by molar-refractivity contribution is 0.0953. The van der Waals surface area contributed by atoms with Gasteiger partial charge in [0.2, 0.25) is 0 Å². The minimum Gasteiger partial charge on any atom is -0.356 e. The molecule has 0 unspecified atom stereocenters. The molecular weight excluding hydrogens is 406 g/mol. The second kappa shape index (κ2) is 11.3. The molecule has 1 saturated heterocycles. The summed E-state index contributed by atoms with van der Waals surface area (Å²) >= 11 is 3.39. The fraction of sp³-hybridized carbons (Fsp3) is 0.600. The van der Waals surface area contributed by atoms with Crippen LogP contribution in [-0.2, 0) is 0 Å². The molecule has 7 heteroatoms. The molecule has 0 aromatic heterocycles. The lowest BCUT2D eigenvalue weighted by Crippen LogP contribution is -2.50. The van der Waals surface area contributed by atoms with Gasteiger partial charge in [0.25, 0.3) is 5.91 Å². The SMILES string of the molecule is CN=C(NCCCNC(=O)c1cccc(Br)c1)NC1CCN(C(C)C)CC1. The van der Waals surface area contributed by atoms with Gasteiger partial charge in [-0.25, -0.2) is 0 Å². The van der Waals surface area contributed by atoms with Crippen LogP contribution in [0.4, 0.5) is 0 Å². The van der Waals surface area contributed by atoms with Crippen molar-refractivity contribution in [3.05, 3.63) is 34.3 Å². The van der Waals surface area contributed by atoms with E-state index in [1.807, 2.05) is 24.3 Å². The number of carbonyl (C=O) groups excluding carboxylic acids is 1. The highest BCUT2D eigenvalue weighted by atomic mass is 79.9. The maximum Gasteiger partial charge on any atom is 0.251 e. The second-order valence-electron chi connectivity index (χ2n) is 7.17. The number of nitrogens with zero attached hydrogens (tertiary/aromatic N) is 2. The van der Waals surface area contributed by atoms with Crippen LogP contribution in [0.15, 0.2) is 33.7 Å². The molecule has 0 saturated carbocycles. The van der Waals surface area contributed by atoms with Crippen molar-refractivity contribution < 1.29 is 4.79 Å². The van der Waals surface area contributed by atoms with Crippen molar-refractivity contribution in [2.45, 2.75) is 45.2 Å². The van der Waals surface area contributed by atoms with Gasteiger partial charge in [0, 0.05) is 55.3 Å². The molecule has 0 bridgehead atoms. The summed E-state index contributed by atoms with van der Waals surface area (Å²) in [7, 11) is 1.80. The molecule has 1 aliphatic rings. The summed E-state index contributed by atoms with van der Waals surface area (Å²) in [5, 5.41) is 9.81. The quantitative estimate of drug-likeness (QED) is 0.348. The Morgan fingerprint density at radius 1 is 1.26 bits per heavy atom. The van der Waals surface area contributed by atoms with E-state index in [9.17, 15) is 4.79 Å². The van der Waals surface area contributed by atoms with Gasteiger partial charge in [0.15, 0.2) is 5.96 Å². The number of benzene rings is 1. The zero-order chi connectivity index (χ0) is 19.6. The van der Waals surface area contributed by atoms with Gasteiger partial charge >= 0.3 is 0 Å². The lowest BCUT2D eigenvalue weighted by Gasteiger charge is -2.35. The Morgan fingerprint density at radius 3 is 2.59 bits per heavy atom. The van der Waals surface area contributed by atoms with E-state index in [1.165, 1.54) is 0 Å². The molecule has 0 radical (unpaired) electrons. The monoisotopic (exact) mass is 437 g/mol. The number of aliphatic imine (C=N–C) groups is 1. The molecule has 1 aliphatic heterocycles. The van der Waals surface area contributed by atoms with E-state index in [-0.39, 0.29) is 5.91 Å². The molecular formula is C20H32BrN5O. The average Bonchev–Trinajstić information content (AvgIpc) is 2.67. The molecule has 27 heavy (non-hydrogen) atoms. The first-order chi connectivity index (χ1) is 13.0. The average molecular weight is 438 g/mol. The molecule has 0 atom stereocenters. The number of halogens is 1. The summed E-state index contributed by atoms with van der Waals surface area (Å²) in [6.45, 7) is 8.17. The molecule has 3 N–H and O–H groups in total. The molecule has 0 aliphatic carbocycles. The third kappa shape index (κ3) is 7.50. The number of amides is 1. The fourth-order valence-corrected chi connectivity index (χ4v) is 3.58. The number of guanidine groups is 1. The van der Waals surface area contributed by atoms with Crippen molar-refractivity contribution in [2.75, 3.05) is 33.2 Å². The van der Waals surface area contributed by atoms with Crippen molar-refractivity contribution >= 4 is 27.8 Å². The highest BCUT2D eigenvalue weighted by Gasteiger charge is 2.21. The molecule has 6 nitrogen and oxygen atoms in total. The van der Waals surface area contributed by atoms with Gasteiger partial charge in [0.05, 0.1) is 0 Å². The number of likely N-dealkylation sites (tertiary alicyclic amines) is 1. The molecule has 150 valence electrons. The molecule has 1 amide bonds. The zero-order valence-corrected chi connectivity index (χ0v) is 18.2. The third-order valence-electron chi connectivity index (χ3n) is 4.84. The lowest BCUT2D eigenvalue weighted by atomic mass is 10.0. The molecule has 1 heterocycles. The predicted molar refractivity (Wildman–Crippen MR) is 115 cm³/mol. The summed E-state index contributed by atoms with van der Waals surface area (Å²) in [6, 6.07) is 8.50. The number of hydrogen-bond acceptors (Lipinski definition) is 3. The molecule has 0 spiro atoms. The zero-order valence-electron chi connectivity index (χ0n) is 16.6. The highest BCUT2D eigenvalue weighted by molar-refractivity contribution is 9.10. The minimum absolute atomic E-state index is 0.0456. The Morgan fingerprint density at radius 2 is 1.96 bits per heavy atom. The summed E-state index contributed by atoms with van der Waals surface area (Å²) in [5.74, 6) is 0.798. The fourth-order valence-electron chi connectivity index (χ4n) is 3.18. The van der Waals surface area contributed by atoms with E-state index >= 15 is 0 Å². The maximum absolute atomic E-state index is 12.1. The minimum atomic E-state index is -0.0456. The van der Waals surface area contributed by atoms with Gasteiger partial charge in [-0.15, -0.1) is 0 Å². The van der Waals surface area contributed by atoms with Gasteiger partial charge in [0.1, 0.15) is 0 Å². The van der Waals surface area contributed by atoms with Gasteiger partial charge in [-0.3, -0.25) is 9.79 Å². The summed E-state index contributed by atoms with van der Waals surface area (Å²) in [5.41, 5.74) is 0.669. The van der Waals surface area contributed by atoms with Crippen LogP contribution in [-0.4, -0.2) is 62.1 Å². The van der Waals surface area contributed by atoms with E-state index in [4.69, 9.17) is 0 Å². The van der Waals surface area contributed by atoms with Crippen molar-refractivity contribution in [1.29, 1.82) is 0 Å². The van der Waals surface area contributed by atoms with Gasteiger partial charge in [-0.2, -0.15) is 0 Å². The van der Waals surface area contributed by atoms with Crippen LogP contribution in [0, 0.1) is 0 Å². The molecule has 1 aromatic carbocycles. The van der Waals surface area contributed by atoms with Crippen LogP contribution in [0.2, 0.25) is 0 Å². The van der Waals surface area contributed by atoms with Crippen LogP contribution >= 0.6 is 15.9 Å².